The van der Waals surface area contributed by atoms with E-state index in [1.807, 2.05) is 5.32 Å². The highest BCUT2D eigenvalue weighted by atomic mass is 19.3. The predicted octanol–water partition coefficient (Wildman–Crippen LogP) is 3.09. The van der Waals surface area contributed by atoms with Crippen molar-refractivity contribution in [1.82, 2.24) is 5.32 Å². The lowest BCUT2D eigenvalue weighted by Crippen LogP contribution is -2.40. The van der Waals surface area contributed by atoms with E-state index in [1.165, 1.54) is 0 Å². The summed E-state index contributed by atoms with van der Waals surface area (Å²) in [6.45, 7) is 0.483. The lowest BCUT2D eigenvalue weighted by molar-refractivity contribution is -0.145. The van der Waals surface area contributed by atoms with Crippen molar-refractivity contribution in [2.75, 3.05) is 6.61 Å². The molecule has 0 aliphatic heterocycles. The summed E-state index contributed by atoms with van der Waals surface area (Å²) < 4.78 is 67.3. The molecule has 0 saturated carbocycles. The first-order valence-electron chi connectivity index (χ1n) is 6.35. The van der Waals surface area contributed by atoms with E-state index >= 15 is 0 Å². The Kier molecular flexibility index (Phi) is 6.67. The van der Waals surface area contributed by atoms with Gasteiger partial charge in [0.05, 0.1) is 6.61 Å². The maximum Gasteiger partial charge on any atom is 0.328 e. The second kappa shape index (κ2) is 8.25. The van der Waals surface area contributed by atoms with Crippen LogP contribution >= 0.6 is 0 Å². The van der Waals surface area contributed by atoms with Crippen LogP contribution in [-0.4, -0.2) is 24.5 Å². The number of nitrogens with one attached hydrogen (secondary N) is 1. The first-order chi connectivity index (χ1) is 10.7. The maximum absolute atomic E-state index is 13.4. The molecule has 0 radical (unpaired) electrons. The van der Waals surface area contributed by atoms with E-state index in [0.717, 1.165) is 25.1 Å². The number of halogens is 5. The second-order valence-corrected chi connectivity index (χ2v) is 4.37. The van der Waals surface area contributed by atoms with Gasteiger partial charge in [-0.15, -0.1) is 0 Å². The second-order valence-electron chi connectivity index (χ2n) is 4.37. The third-order valence-electron chi connectivity index (χ3n) is 2.66. The fourth-order valence-corrected chi connectivity index (χ4v) is 1.50. The van der Waals surface area contributed by atoms with Crippen molar-refractivity contribution in [1.29, 1.82) is 0 Å². The van der Waals surface area contributed by atoms with Crippen molar-refractivity contribution in [3.05, 3.63) is 47.3 Å². The number of hydrogen-bond donors (Lipinski definition) is 1. The summed E-state index contributed by atoms with van der Waals surface area (Å²) in [5.41, 5.74) is -0.874. The molecule has 9 heteroatoms. The third-order valence-corrected chi connectivity index (χ3v) is 2.66. The van der Waals surface area contributed by atoms with E-state index in [2.05, 4.69) is 4.74 Å². The largest absolute Gasteiger partial charge is 0.464 e. The van der Waals surface area contributed by atoms with Gasteiger partial charge in [0.2, 0.25) is 0 Å². The van der Waals surface area contributed by atoms with Crippen molar-refractivity contribution >= 4 is 11.9 Å². The van der Waals surface area contributed by atoms with Crippen LogP contribution < -0.4 is 5.32 Å². The molecular formula is C14H12F5NO3. The molecule has 1 unspecified atom stereocenters. The number of benzene rings is 1. The minimum atomic E-state index is -2.52. The van der Waals surface area contributed by atoms with E-state index in [-0.39, 0.29) is 0 Å². The lowest BCUT2D eigenvalue weighted by atomic mass is 10.1. The summed E-state index contributed by atoms with van der Waals surface area (Å²) in [7, 11) is 0. The van der Waals surface area contributed by atoms with Crippen molar-refractivity contribution in [3.63, 3.8) is 0 Å². The average molecular weight is 337 g/mol. The maximum atomic E-state index is 13.4. The van der Waals surface area contributed by atoms with Crippen molar-refractivity contribution in [3.8, 4) is 0 Å². The van der Waals surface area contributed by atoms with Crippen LogP contribution in [0.15, 0.2) is 30.1 Å². The molecule has 23 heavy (non-hydrogen) atoms. The SMILES string of the molecule is CC(NC(=O)c1c(F)cccc1F)C(=O)OCCC(F)=C(F)F. The van der Waals surface area contributed by atoms with Crippen molar-refractivity contribution in [2.24, 2.45) is 0 Å². The molecule has 4 nitrogen and oxygen atoms in total. The number of amides is 1. The molecular weight excluding hydrogens is 325 g/mol. The number of carbonyl (C=O) groups excluding carboxylic acids is 2. The first kappa shape index (κ1) is 18.6. The molecule has 0 spiro atoms. The number of carbonyl (C=O) groups is 2. The van der Waals surface area contributed by atoms with Crippen LogP contribution in [-0.2, 0) is 9.53 Å². The Morgan fingerprint density at radius 2 is 1.74 bits per heavy atom. The van der Waals surface area contributed by atoms with E-state index in [4.69, 9.17) is 0 Å². The first-order valence-corrected chi connectivity index (χ1v) is 6.35. The van der Waals surface area contributed by atoms with Gasteiger partial charge in [-0.2, -0.15) is 8.78 Å². The minimum Gasteiger partial charge on any atom is -0.464 e. The summed E-state index contributed by atoms with van der Waals surface area (Å²) in [5, 5.41) is 1.99. The molecule has 126 valence electrons. The molecule has 0 bridgehead atoms. The Balaban J connectivity index is 2.58. The highest BCUT2D eigenvalue weighted by Crippen LogP contribution is 2.13. The molecule has 0 aromatic heterocycles. The highest BCUT2D eigenvalue weighted by Gasteiger charge is 2.22. The molecule has 0 saturated heterocycles. The zero-order chi connectivity index (χ0) is 17.6. The van der Waals surface area contributed by atoms with Gasteiger partial charge in [-0.05, 0) is 19.1 Å². The molecule has 1 aromatic carbocycles. The third kappa shape index (κ3) is 5.35. The topological polar surface area (TPSA) is 55.4 Å². The standard InChI is InChI=1S/C14H12F5NO3/c1-7(14(22)23-6-5-10(17)12(18)19)20-13(21)11-8(15)3-2-4-9(11)16/h2-4,7H,5-6H2,1H3,(H,20,21). The Bertz CT molecular complexity index is 609. The van der Waals surface area contributed by atoms with E-state index < -0.39 is 60.1 Å². The van der Waals surface area contributed by atoms with Crippen LogP contribution in [0.2, 0.25) is 0 Å². The predicted molar refractivity (Wildman–Crippen MR) is 69.2 cm³/mol. The van der Waals surface area contributed by atoms with E-state index in [9.17, 15) is 31.5 Å². The normalized spacial score (nSPS) is 11.6. The Labute approximate surface area is 127 Å². The van der Waals surface area contributed by atoms with E-state index in [1.54, 1.807) is 0 Å². The summed E-state index contributed by atoms with van der Waals surface area (Å²) in [4.78, 5) is 23.2. The summed E-state index contributed by atoms with van der Waals surface area (Å²) in [5.74, 6) is -6.21. The van der Waals surface area contributed by atoms with Crippen LogP contribution in [0.25, 0.3) is 0 Å². The van der Waals surface area contributed by atoms with Crippen LogP contribution in [0.1, 0.15) is 23.7 Å². The molecule has 1 N–H and O–H groups in total. The Morgan fingerprint density at radius 1 is 1.17 bits per heavy atom. The van der Waals surface area contributed by atoms with E-state index in [0.29, 0.717) is 0 Å². The van der Waals surface area contributed by atoms with Crippen LogP contribution in [0.5, 0.6) is 0 Å². The van der Waals surface area contributed by atoms with Gasteiger partial charge >= 0.3 is 12.0 Å². The van der Waals surface area contributed by atoms with Gasteiger partial charge in [0.15, 0.2) is 5.83 Å². The number of esters is 1. The molecule has 0 aliphatic rings. The number of hydrogen-bond acceptors (Lipinski definition) is 3. The molecule has 0 fully saturated rings. The van der Waals surface area contributed by atoms with Gasteiger partial charge in [-0.1, -0.05) is 6.07 Å². The minimum absolute atomic E-state index is 0.670. The average Bonchev–Trinajstić information content (AvgIpc) is 2.46. The van der Waals surface area contributed by atoms with Gasteiger partial charge in [-0.3, -0.25) is 4.79 Å². The van der Waals surface area contributed by atoms with Gasteiger partial charge < -0.3 is 10.1 Å². The summed E-state index contributed by atoms with van der Waals surface area (Å²) >= 11 is 0. The van der Waals surface area contributed by atoms with Gasteiger partial charge in [0.1, 0.15) is 23.2 Å². The monoisotopic (exact) mass is 337 g/mol. The fourth-order valence-electron chi connectivity index (χ4n) is 1.50. The van der Waals surface area contributed by atoms with Crippen molar-refractivity contribution in [2.45, 2.75) is 19.4 Å². The van der Waals surface area contributed by atoms with Gasteiger partial charge in [0, 0.05) is 6.42 Å². The highest BCUT2D eigenvalue weighted by molar-refractivity contribution is 5.97. The van der Waals surface area contributed by atoms with Crippen LogP contribution in [0, 0.1) is 11.6 Å². The molecule has 1 atom stereocenters. The Morgan fingerprint density at radius 3 is 2.26 bits per heavy atom. The van der Waals surface area contributed by atoms with Gasteiger partial charge in [-0.25, -0.2) is 18.0 Å². The molecule has 0 heterocycles. The summed E-state index contributed by atoms with van der Waals surface area (Å²) in [6.07, 6.45) is -3.34. The van der Waals surface area contributed by atoms with Crippen molar-refractivity contribution < 1.29 is 36.3 Å². The Hall–Kier alpha value is -2.45. The van der Waals surface area contributed by atoms with Crippen LogP contribution in [0.4, 0.5) is 22.0 Å². The smallest absolute Gasteiger partial charge is 0.328 e. The molecule has 1 amide bonds. The lowest BCUT2D eigenvalue weighted by Gasteiger charge is -2.13. The number of ether oxygens (including phenoxy) is 1. The zero-order valence-electron chi connectivity index (χ0n) is 11.8. The quantitative estimate of drug-likeness (QED) is 0.641. The molecule has 0 aliphatic carbocycles. The molecule has 1 rings (SSSR count). The number of rotatable bonds is 6. The molecule has 1 aromatic rings. The summed E-state index contributed by atoms with van der Waals surface area (Å²) in [6, 6.07) is 1.47. The fraction of sp³-hybridized carbons (Fsp3) is 0.286. The van der Waals surface area contributed by atoms with Crippen LogP contribution in [0.3, 0.4) is 0 Å². The van der Waals surface area contributed by atoms with Gasteiger partial charge in [0.25, 0.3) is 5.91 Å². The zero-order valence-corrected chi connectivity index (χ0v) is 11.8.